The number of nitrogens with two attached hydrogens (primary N) is 1. The van der Waals surface area contributed by atoms with E-state index in [9.17, 15) is 9.59 Å². The highest BCUT2D eigenvalue weighted by Gasteiger charge is 2.25. The van der Waals surface area contributed by atoms with Crippen molar-refractivity contribution in [3.8, 4) is 11.1 Å². The molecule has 0 unspecified atom stereocenters. The molecular weight excluding hydrogens is 572 g/mol. The highest BCUT2D eigenvalue weighted by molar-refractivity contribution is 5.97. The monoisotopic (exact) mass is 616 g/mol. The van der Waals surface area contributed by atoms with Crippen molar-refractivity contribution in [1.29, 1.82) is 0 Å². The summed E-state index contributed by atoms with van der Waals surface area (Å²) in [6.45, 7) is 4.37. The van der Waals surface area contributed by atoms with Crippen molar-refractivity contribution in [3.05, 3.63) is 119 Å². The first-order valence-corrected chi connectivity index (χ1v) is 16.5. The number of rotatable bonds is 11. The van der Waals surface area contributed by atoms with Crippen LogP contribution >= 0.6 is 0 Å². The average Bonchev–Trinajstić information content (AvgIpc) is 3.65. The maximum atomic E-state index is 13.7. The molecule has 4 aromatic carbocycles. The fourth-order valence-electron chi connectivity index (χ4n) is 6.58. The first-order chi connectivity index (χ1) is 22.6. The van der Waals surface area contributed by atoms with Gasteiger partial charge in [0.2, 0.25) is 11.8 Å². The number of nitrogens with zero attached hydrogens (tertiary/aromatic N) is 2. The molecule has 1 heterocycles. The van der Waals surface area contributed by atoms with Gasteiger partial charge in [-0.05, 0) is 64.4 Å². The molecule has 238 valence electrons. The van der Waals surface area contributed by atoms with Gasteiger partial charge >= 0.3 is 0 Å². The zero-order chi connectivity index (χ0) is 31.7. The minimum atomic E-state index is 0.0709. The second-order valence-electron chi connectivity index (χ2n) is 12.4. The highest BCUT2D eigenvalue weighted by Crippen LogP contribution is 2.34. The first-order valence-electron chi connectivity index (χ1n) is 16.5. The van der Waals surface area contributed by atoms with Crippen molar-refractivity contribution in [1.82, 2.24) is 4.90 Å². The van der Waals surface area contributed by atoms with Crippen LogP contribution in [-0.4, -0.2) is 43.0 Å². The van der Waals surface area contributed by atoms with Crippen LogP contribution in [0.4, 0.5) is 11.4 Å². The van der Waals surface area contributed by atoms with E-state index in [-0.39, 0.29) is 17.7 Å². The van der Waals surface area contributed by atoms with Crippen LogP contribution in [0.2, 0.25) is 0 Å². The summed E-state index contributed by atoms with van der Waals surface area (Å²) in [6, 6.07) is 32.8. The minimum Gasteiger partial charge on any atom is -0.378 e. The van der Waals surface area contributed by atoms with Gasteiger partial charge in [-0.1, -0.05) is 91.7 Å². The predicted molar refractivity (Wildman–Crippen MR) is 184 cm³/mol. The molecule has 1 saturated heterocycles. The first kappa shape index (κ1) is 31.5. The SMILES string of the molecule is NCc1cccc(CN(Cc2cccc(-c3ccc(N4CCOCC4)c(NC(=O)C4CCCC4)c3)c2)C(=O)Cc2ccccc2)c1. The van der Waals surface area contributed by atoms with Gasteiger partial charge in [0.05, 0.1) is 31.0 Å². The van der Waals surface area contributed by atoms with Crippen LogP contribution in [0.25, 0.3) is 11.1 Å². The molecule has 7 heteroatoms. The smallest absolute Gasteiger partial charge is 0.227 e. The molecule has 6 rings (SSSR count). The van der Waals surface area contributed by atoms with Crippen LogP contribution in [0, 0.1) is 5.92 Å². The zero-order valence-electron chi connectivity index (χ0n) is 26.5. The van der Waals surface area contributed by atoms with E-state index < -0.39 is 0 Å². The largest absolute Gasteiger partial charge is 0.378 e. The summed E-state index contributed by atoms with van der Waals surface area (Å²) >= 11 is 0. The summed E-state index contributed by atoms with van der Waals surface area (Å²) < 4.78 is 5.60. The summed E-state index contributed by atoms with van der Waals surface area (Å²) in [5.41, 5.74) is 14.0. The number of hydrogen-bond donors (Lipinski definition) is 2. The highest BCUT2D eigenvalue weighted by atomic mass is 16.5. The number of hydrogen-bond acceptors (Lipinski definition) is 5. The Hall–Kier alpha value is -4.46. The Morgan fingerprint density at radius 3 is 2.15 bits per heavy atom. The fourth-order valence-corrected chi connectivity index (χ4v) is 6.58. The maximum Gasteiger partial charge on any atom is 0.227 e. The van der Waals surface area contributed by atoms with Crippen molar-refractivity contribution in [2.75, 3.05) is 36.5 Å². The van der Waals surface area contributed by atoms with Crippen molar-refractivity contribution in [2.24, 2.45) is 11.7 Å². The van der Waals surface area contributed by atoms with Gasteiger partial charge in [-0.3, -0.25) is 9.59 Å². The van der Waals surface area contributed by atoms with Gasteiger partial charge < -0.3 is 25.6 Å². The number of anilines is 2. The molecule has 2 aliphatic rings. The second-order valence-corrected chi connectivity index (χ2v) is 12.4. The molecule has 0 bridgehead atoms. The van der Waals surface area contributed by atoms with Gasteiger partial charge in [-0.15, -0.1) is 0 Å². The van der Waals surface area contributed by atoms with E-state index in [2.05, 4.69) is 58.7 Å². The fraction of sp³-hybridized carbons (Fsp3) is 0.333. The topological polar surface area (TPSA) is 87.9 Å². The molecule has 2 amide bonds. The Morgan fingerprint density at radius 2 is 1.41 bits per heavy atom. The van der Waals surface area contributed by atoms with Crippen molar-refractivity contribution in [2.45, 2.75) is 51.7 Å². The molecule has 1 aliphatic carbocycles. The molecule has 3 N–H and O–H groups in total. The summed E-state index contributed by atoms with van der Waals surface area (Å²) in [5.74, 6) is 0.264. The summed E-state index contributed by atoms with van der Waals surface area (Å²) in [5, 5.41) is 3.30. The molecular formula is C39H44N4O3. The minimum absolute atomic E-state index is 0.0709. The van der Waals surface area contributed by atoms with E-state index in [0.717, 1.165) is 83.5 Å². The third-order valence-electron chi connectivity index (χ3n) is 9.12. The number of morpholine rings is 1. The Morgan fingerprint density at radius 1 is 0.761 bits per heavy atom. The van der Waals surface area contributed by atoms with Crippen molar-refractivity contribution < 1.29 is 14.3 Å². The van der Waals surface area contributed by atoms with Gasteiger partial charge in [-0.25, -0.2) is 0 Å². The maximum absolute atomic E-state index is 13.7. The summed E-state index contributed by atoms with van der Waals surface area (Å²) in [6.07, 6.45) is 4.48. The molecule has 1 aliphatic heterocycles. The third kappa shape index (κ3) is 8.03. The number of nitrogens with one attached hydrogen (secondary N) is 1. The Bertz CT molecular complexity index is 1630. The Kier molecular flexibility index (Phi) is 10.4. The molecule has 0 atom stereocenters. The molecule has 1 saturated carbocycles. The summed E-state index contributed by atoms with van der Waals surface area (Å²) in [4.78, 5) is 31.2. The number of amides is 2. The molecule has 46 heavy (non-hydrogen) atoms. The number of carbonyl (C=O) groups is 2. The van der Waals surface area contributed by atoms with Crippen LogP contribution in [0.15, 0.2) is 97.1 Å². The number of carbonyl (C=O) groups excluding carboxylic acids is 2. The summed E-state index contributed by atoms with van der Waals surface area (Å²) in [7, 11) is 0. The van der Waals surface area contributed by atoms with E-state index in [1.807, 2.05) is 53.4 Å². The van der Waals surface area contributed by atoms with E-state index >= 15 is 0 Å². The quantitative estimate of drug-likeness (QED) is 0.200. The van der Waals surface area contributed by atoms with Crippen LogP contribution in [0.1, 0.15) is 47.9 Å². The van der Waals surface area contributed by atoms with E-state index in [0.29, 0.717) is 39.3 Å². The molecule has 0 radical (unpaired) electrons. The Labute approximate surface area is 272 Å². The van der Waals surface area contributed by atoms with E-state index in [1.165, 1.54) is 0 Å². The lowest BCUT2D eigenvalue weighted by Crippen LogP contribution is -2.37. The van der Waals surface area contributed by atoms with Crippen LogP contribution in [-0.2, 0) is 40.4 Å². The van der Waals surface area contributed by atoms with Crippen LogP contribution in [0.5, 0.6) is 0 Å². The lowest BCUT2D eigenvalue weighted by molar-refractivity contribution is -0.131. The zero-order valence-corrected chi connectivity index (χ0v) is 26.5. The van der Waals surface area contributed by atoms with Crippen LogP contribution < -0.4 is 16.0 Å². The number of ether oxygens (including phenoxy) is 1. The lowest BCUT2D eigenvalue weighted by atomic mass is 10.0. The molecule has 0 aromatic heterocycles. The standard InChI is InChI=1S/C39H44N4O3/c40-26-30-10-6-11-31(22-30)27-43(38(44)24-29-8-2-1-3-9-29)28-32-12-7-15-34(23-32)35-16-17-37(42-18-20-46-21-19-42)36(25-35)41-39(45)33-13-4-5-14-33/h1-3,6-12,15-17,22-23,25,33H,4-5,13-14,18-21,24,26-28,40H2,(H,41,45). The van der Waals surface area contributed by atoms with Gasteiger partial charge in [-0.2, -0.15) is 0 Å². The lowest BCUT2D eigenvalue weighted by Gasteiger charge is -2.31. The third-order valence-corrected chi connectivity index (χ3v) is 9.12. The Balaban J connectivity index is 1.27. The average molecular weight is 617 g/mol. The van der Waals surface area contributed by atoms with Crippen molar-refractivity contribution in [3.63, 3.8) is 0 Å². The molecule has 7 nitrogen and oxygen atoms in total. The second kappa shape index (κ2) is 15.2. The van der Waals surface area contributed by atoms with Crippen LogP contribution in [0.3, 0.4) is 0 Å². The molecule has 2 fully saturated rings. The van der Waals surface area contributed by atoms with Crippen molar-refractivity contribution >= 4 is 23.2 Å². The van der Waals surface area contributed by atoms with E-state index in [4.69, 9.17) is 10.5 Å². The number of benzene rings is 4. The van der Waals surface area contributed by atoms with E-state index in [1.54, 1.807) is 0 Å². The van der Waals surface area contributed by atoms with Gasteiger partial charge in [0.1, 0.15) is 0 Å². The normalized spacial score (nSPS) is 15.1. The molecule has 4 aromatic rings. The van der Waals surface area contributed by atoms with Gasteiger partial charge in [0.25, 0.3) is 0 Å². The van der Waals surface area contributed by atoms with Gasteiger partial charge in [0.15, 0.2) is 0 Å². The molecule has 0 spiro atoms. The predicted octanol–water partition coefficient (Wildman–Crippen LogP) is 6.55. The van der Waals surface area contributed by atoms with Gasteiger partial charge in [0, 0.05) is 38.6 Å².